The van der Waals surface area contributed by atoms with Gasteiger partial charge in [0.25, 0.3) is 0 Å². The summed E-state index contributed by atoms with van der Waals surface area (Å²) < 4.78 is 5.94. The molecule has 2 aliphatic rings. The van der Waals surface area contributed by atoms with Crippen molar-refractivity contribution in [3.8, 4) is 17.0 Å². The van der Waals surface area contributed by atoms with Crippen LogP contribution in [0.5, 0.6) is 5.75 Å². The van der Waals surface area contributed by atoms with Crippen molar-refractivity contribution < 1.29 is 24.8 Å². The summed E-state index contributed by atoms with van der Waals surface area (Å²) >= 11 is 0. The first-order valence-corrected chi connectivity index (χ1v) is 13.1. The molecule has 0 aliphatic carbocycles. The van der Waals surface area contributed by atoms with Crippen molar-refractivity contribution in [1.82, 2.24) is 4.98 Å². The molecule has 196 valence electrons. The SMILES string of the molecule is CC(C)Cc1cccc2nc3c(cc12)OCc1ccc[c-]c1-3.CN1[CH-]N(c2[c-]cccc2)c2ccccc21.[Ir+3]. The van der Waals surface area contributed by atoms with Crippen LogP contribution in [0.15, 0.2) is 91.0 Å². The Balaban J connectivity index is 0.000000161. The van der Waals surface area contributed by atoms with Gasteiger partial charge in [-0.2, -0.15) is 37.0 Å². The molecule has 5 aromatic rings. The molecule has 0 radical (unpaired) electrons. The average molecular weight is 689 g/mol. The molecule has 0 unspecified atom stereocenters. The Hall–Kier alpha value is -3.66. The first-order valence-electron chi connectivity index (χ1n) is 13.1. The topological polar surface area (TPSA) is 28.6 Å². The van der Waals surface area contributed by atoms with Crippen molar-refractivity contribution in [2.24, 2.45) is 5.92 Å². The van der Waals surface area contributed by atoms with E-state index in [1.807, 2.05) is 30.3 Å². The molecule has 0 fully saturated rings. The summed E-state index contributed by atoms with van der Waals surface area (Å²) in [5, 5.41) is 1.20. The van der Waals surface area contributed by atoms with Gasteiger partial charge in [-0.25, -0.2) is 0 Å². The molecule has 0 saturated carbocycles. The van der Waals surface area contributed by atoms with Crippen molar-refractivity contribution >= 4 is 28.0 Å². The molecule has 3 heterocycles. The number of ether oxygens (including phenoxy) is 1. The van der Waals surface area contributed by atoms with Crippen LogP contribution in [0.25, 0.3) is 22.2 Å². The molecule has 5 heteroatoms. The number of hydrogen-bond acceptors (Lipinski definition) is 4. The summed E-state index contributed by atoms with van der Waals surface area (Å²) in [5.41, 5.74) is 9.00. The van der Waals surface area contributed by atoms with E-state index in [0.29, 0.717) is 12.5 Å². The Morgan fingerprint density at radius 1 is 0.923 bits per heavy atom. The first kappa shape index (κ1) is 26.9. The van der Waals surface area contributed by atoms with E-state index in [0.717, 1.165) is 40.2 Å². The number of hydrogen-bond donors (Lipinski definition) is 0. The second-order valence-electron chi connectivity index (χ2n) is 10.1. The number of fused-ring (bicyclic) bond motifs is 5. The van der Waals surface area contributed by atoms with Crippen LogP contribution < -0.4 is 14.5 Å². The maximum atomic E-state index is 5.94. The third-order valence-electron chi connectivity index (χ3n) is 6.87. The zero-order chi connectivity index (χ0) is 26.1. The number of benzene rings is 4. The molecular weight excluding hydrogens is 659 g/mol. The van der Waals surface area contributed by atoms with Gasteiger partial charge in [-0.3, -0.25) is 4.98 Å². The third-order valence-corrected chi connectivity index (χ3v) is 6.87. The number of anilines is 3. The predicted molar refractivity (Wildman–Crippen MR) is 155 cm³/mol. The predicted octanol–water partition coefficient (Wildman–Crippen LogP) is 7.98. The summed E-state index contributed by atoms with van der Waals surface area (Å²) in [6.45, 7) is 7.16. The van der Waals surface area contributed by atoms with Gasteiger partial charge in [-0.1, -0.05) is 43.7 Å². The minimum absolute atomic E-state index is 0. The van der Waals surface area contributed by atoms with Gasteiger partial charge in [0.15, 0.2) is 0 Å². The van der Waals surface area contributed by atoms with Crippen LogP contribution in [-0.4, -0.2) is 12.0 Å². The number of pyridine rings is 1. The second-order valence-corrected chi connectivity index (χ2v) is 10.1. The van der Waals surface area contributed by atoms with E-state index in [1.54, 1.807) is 0 Å². The van der Waals surface area contributed by atoms with Gasteiger partial charge in [0.1, 0.15) is 5.75 Å². The van der Waals surface area contributed by atoms with Gasteiger partial charge < -0.3 is 14.5 Å². The van der Waals surface area contributed by atoms with Crippen molar-refractivity contribution in [1.29, 1.82) is 0 Å². The summed E-state index contributed by atoms with van der Waals surface area (Å²) in [5.74, 6) is 1.50. The van der Waals surface area contributed by atoms with E-state index >= 15 is 0 Å². The van der Waals surface area contributed by atoms with E-state index in [1.165, 1.54) is 22.3 Å². The van der Waals surface area contributed by atoms with Crippen molar-refractivity contribution in [3.63, 3.8) is 0 Å². The Morgan fingerprint density at radius 2 is 1.72 bits per heavy atom. The number of aromatic nitrogens is 1. The van der Waals surface area contributed by atoms with Gasteiger partial charge in [0.05, 0.1) is 12.1 Å². The standard InChI is InChI=1S/C20H18NO.C14H12N2.Ir/c1-13(2)10-14-7-5-9-18-17(14)11-19-20(21-18)16-8-4-3-6-15(16)12-22-19;1-15-11-16(12-7-3-2-4-8-12)14-10-6-5-9-13(14)15;/h3-7,9,11,13H,10,12H2,1-2H3;2-7,9-11H,1H3;/q-1;-2;+3. The van der Waals surface area contributed by atoms with E-state index in [9.17, 15) is 0 Å². The number of nitrogens with zero attached hydrogens (tertiary/aromatic N) is 3. The Morgan fingerprint density at radius 3 is 2.51 bits per heavy atom. The monoisotopic (exact) mass is 689 g/mol. The molecule has 0 N–H and O–H groups in total. The maximum absolute atomic E-state index is 5.94. The van der Waals surface area contributed by atoms with Crippen LogP contribution in [0.4, 0.5) is 17.1 Å². The van der Waals surface area contributed by atoms with Crippen LogP contribution in [0, 0.1) is 24.7 Å². The van der Waals surface area contributed by atoms with Crippen LogP contribution in [-0.2, 0) is 33.1 Å². The van der Waals surface area contributed by atoms with Crippen LogP contribution in [0.3, 0.4) is 0 Å². The van der Waals surface area contributed by atoms with Crippen LogP contribution in [0.1, 0.15) is 25.0 Å². The smallest absolute Gasteiger partial charge is 0.506 e. The molecule has 7 rings (SSSR count). The second kappa shape index (κ2) is 11.6. The summed E-state index contributed by atoms with van der Waals surface area (Å²) in [6.07, 6.45) is 1.06. The van der Waals surface area contributed by atoms with Gasteiger partial charge in [0.2, 0.25) is 0 Å². The Labute approximate surface area is 244 Å². The Kier molecular flexibility index (Phi) is 8.02. The minimum Gasteiger partial charge on any atom is -0.506 e. The molecule has 0 amide bonds. The molecule has 0 spiro atoms. The molecule has 1 aromatic heterocycles. The molecule has 39 heavy (non-hydrogen) atoms. The number of rotatable bonds is 3. The zero-order valence-corrected chi connectivity index (χ0v) is 24.7. The summed E-state index contributed by atoms with van der Waals surface area (Å²) in [6, 6.07) is 37.5. The van der Waals surface area contributed by atoms with E-state index in [4.69, 9.17) is 9.72 Å². The molecule has 0 atom stereocenters. The van der Waals surface area contributed by atoms with Crippen molar-refractivity contribution in [2.75, 3.05) is 16.8 Å². The van der Waals surface area contributed by atoms with E-state index < -0.39 is 0 Å². The zero-order valence-electron chi connectivity index (χ0n) is 22.3. The van der Waals surface area contributed by atoms with Gasteiger partial charge >= 0.3 is 20.1 Å². The summed E-state index contributed by atoms with van der Waals surface area (Å²) in [4.78, 5) is 9.14. The maximum Gasteiger partial charge on any atom is 3.00 e. The third kappa shape index (κ3) is 5.43. The quantitative estimate of drug-likeness (QED) is 0.180. The first-order chi connectivity index (χ1) is 18.6. The largest absolute Gasteiger partial charge is 3.00 e. The summed E-state index contributed by atoms with van der Waals surface area (Å²) in [7, 11) is 2.06. The van der Waals surface area contributed by atoms with Crippen molar-refractivity contribution in [2.45, 2.75) is 26.9 Å². The van der Waals surface area contributed by atoms with Crippen LogP contribution in [0.2, 0.25) is 0 Å². The molecule has 4 nitrogen and oxygen atoms in total. The Bertz CT molecular complexity index is 1580. The van der Waals surface area contributed by atoms with Crippen molar-refractivity contribution in [3.05, 3.63) is 121 Å². The molecular formula is C34H30IrN3O. The molecule has 0 bridgehead atoms. The van der Waals surface area contributed by atoms with Gasteiger partial charge in [-0.05, 0) is 49.2 Å². The normalized spacial score (nSPS) is 13.0. The van der Waals surface area contributed by atoms with E-state index in [-0.39, 0.29) is 20.1 Å². The fourth-order valence-corrected chi connectivity index (χ4v) is 5.10. The molecule has 0 saturated heterocycles. The molecule has 4 aromatic carbocycles. The van der Waals surface area contributed by atoms with Gasteiger partial charge in [0, 0.05) is 22.5 Å². The fraction of sp³-hybridized carbons (Fsp3) is 0.176. The minimum atomic E-state index is 0. The molecule has 2 aliphatic heterocycles. The van der Waals surface area contributed by atoms with Gasteiger partial charge in [-0.15, -0.1) is 35.5 Å². The van der Waals surface area contributed by atoms with E-state index in [2.05, 4.69) is 110 Å². The number of para-hydroxylation sites is 3. The van der Waals surface area contributed by atoms with Crippen LogP contribution >= 0.6 is 0 Å². The average Bonchev–Trinajstić information content (AvgIpc) is 3.29. The fourth-order valence-electron chi connectivity index (χ4n) is 5.10.